The Morgan fingerprint density at radius 2 is 1.93 bits per heavy atom. The smallest absolute Gasteiger partial charge is 0.231 e. The zero-order valence-electron chi connectivity index (χ0n) is 15.2. The van der Waals surface area contributed by atoms with Crippen molar-refractivity contribution < 1.29 is 19.7 Å². The first-order valence-electron chi connectivity index (χ1n) is 8.84. The molecule has 1 aliphatic rings. The van der Waals surface area contributed by atoms with E-state index in [1.54, 1.807) is 6.07 Å². The molecule has 3 N–H and O–H groups in total. The van der Waals surface area contributed by atoms with Gasteiger partial charge in [0, 0.05) is 11.8 Å². The predicted molar refractivity (Wildman–Crippen MR) is 120 cm³/mol. The molecule has 5 rings (SSSR count). The topological polar surface area (TPSA) is 100.0 Å². The molecule has 150 valence electrons. The summed E-state index contributed by atoms with van der Waals surface area (Å²) in [6.07, 6.45) is 1.52. The van der Waals surface area contributed by atoms with E-state index in [9.17, 15) is 10.2 Å². The molecular formula is C21H13Br2N3O4. The van der Waals surface area contributed by atoms with Crippen molar-refractivity contribution >= 4 is 54.8 Å². The van der Waals surface area contributed by atoms with E-state index in [4.69, 9.17) is 9.47 Å². The molecule has 4 aromatic rings. The lowest BCUT2D eigenvalue weighted by Crippen LogP contribution is -1.93. The van der Waals surface area contributed by atoms with Crippen molar-refractivity contribution in [1.29, 1.82) is 0 Å². The Balaban J connectivity index is 1.50. The molecular weight excluding hydrogens is 518 g/mol. The van der Waals surface area contributed by atoms with Crippen LogP contribution in [-0.2, 0) is 0 Å². The summed E-state index contributed by atoms with van der Waals surface area (Å²) in [5.74, 6) is 1.88. The number of benzene rings is 3. The third-order valence-electron chi connectivity index (χ3n) is 4.67. The lowest BCUT2D eigenvalue weighted by molar-refractivity contribution is 0.174. The summed E-state index contributed by atoms with van der Waals surface area (Å²) in [4.78, 5) is 12.4. The number of para-hydroxylation sites is 1. The van der Waals surface area contributed by atoms with Gasteiger partial charge in [-0.2, -0.15) is 0 Å². The minimum atomic E-state index is -0.0947. The fraction of sp³-hybridized carbons (Fsp3) is 0.0476. The average Bonchev–Trinajstić information content (AvgIpc) is 3.40. The number of hydrogen-bond donors (Lipinski definition) is 3. The standard InChI is InChI=1S/C21H13Br2N3O4/c22-13-6-10(18(27)17(23)19(13)28)8-24-11-4-5-14-15(7-11)26-21(25-14)12-2-1-3-16-20(12)30-9-29-16/h1-8,27-28H,9H2,(H,25,26)/b24-8+. The summed E-state index contributed by atoms with van der Waals surface area (Å²) >= 11 is 6.41. The van der Waals surface area contributed by atoms with Crippen LogP contribution in [0.1, 0.15) is 5.56 Å². The molecule has 1 aromatic heterocycles. The summed E-state index contributed by atoms with van der Waals surface area (Å²) < 4.78 is 11.7. The minimum Gasteiger partial charge on any atom is -0.506 e. The summed E-state index contributed by atoms with van der Waals surface area (Å²) in [5, 5.41) is 20.0. The zero-order chi connectivity index (χ0) is 20.8. The van der Waals surface area contributed by atoms with Crippen molar-refractivity contribution in [2.75, 3.05) is 6.79 Å². The number of hydrogen-bond acceptors (Lipinski definition) is 6. The molecule has 0 saturated carbocycles. The zero-order valence-corrected chi connectivity index (χ0v) is 18.4. The molecule has 0 saturated heterocycles. The van der Waals surface area contributed by atoms with Gasteiger partial charge in [-0.3, -0.25) is 4.99 Å². The average molecular weight is 531 g/mol. The first-order chi connectivity index (χ1) is 14.5. The fourth-order valence-electron chi connectivity index (χ4n) is 3.18. The van der Waals surface area contributed by atoms with Gasteiger partial charge in [-0.25, -0.2) is 4.98 Å². The Labute approximate surface area is 187 Å². The number of nitrogens with one attached hydrogen (secondary N) is 1. The first-order valence-corrected chi connectivity index (χ1v) is 10.4. The molecule has 2 heterocycles. The number of aromatic hydroxyl groups is 2. The van der Waals surface area contributed by atoms with E-state index in [0.717, 1.165) is 16.6 Å². The van der Waals surface area contributed by atoms with Crippen molar-refractivity contribution in [2.45, 2.75) is 0 Å². The highest BCUT2D eigenvalue weighted by molar-refractivity contribution is 9.11. The van der Waals surface area contributed by atoms with Crippen LogP contribution in [0.5, 0.6) is 23.0 Å². The number of fused-ring (bicyclic) bond motifs is 2. The Hall–Kier alpha value is -3.04. The normalized spacial score (nSPS) is 12.9. The van der Waals surface area contributed by atoms with Crippen LogP contribution in [0.25, 0.3) is 22.4 Å². The molecule has 0 bridgehead atoms. The van der Waals surface area contributed by atoms with Crippen molar-refractivity contribution in [1.82, 2.24) is 9.97 Å². The molecule has 0 atom stereocenters. The molecule has 0 fully saturated rings. The van der Waals surface area contributed by atoms with Crippen LogP contribution in [-0.4, -0.2) is 33.2 Å². The van der Waals surface area contributed by atoms with Gasteiger partial charge in [0.1, 0.15) is 21.8 Å². The van der Waals surface area contributed by atoms with Crippen molar-refractivity contribution in [3.63, 3.8) is 0 Å². The maximum atomic E-state index is 10.2. The van der Waals surface area contributed by atoms with Crippen molar-refractivity contribution in [3.05, 3.63) is 57.0 Å². The number of nitrogens with zero attached hydrogens (tertiary/aromatic N) is 2. The fourth-order valence-corrected chi connectivity index (χ4v) is 4.33. The Morgan fingerprint density at radius 3 is 2.80 bits per heavy atom. The van der Waals surface area contributed by atoms with Gasteiger partial charge in [-0.1, -0.05) is 6.07 Å². The Morgan fingerprint density at radius 1 is 1.07 bits per heavy atom. The van der Waals surface area contributed by atoms with Gasteiger partial charge < -0.3 is 24.7 Å². The molecule has 30 heavy (non-hydrogen) atoms. The quantitative estimate of drug-likeness (QED) is 0.297. The number of ether oxygens (including phenoxy) is 2. The van der Waals surface area contributed by atoms with E-state index in [1.807, 2.05) is 36.4 Å². The van der Waals surface area contributed by atoms with Gasteiger partial charge in [0.05, 0.1) is 26.8 Å². The molecule has 0 radical (unpaired) electrons. The number of aromatic amines is 1. The molecule has 0 unspecified atom stereocenters. The Kier molecular flexibility index (Phi) is 4.63. The Bertz CT molecular complexity index is 1330. The first kappa shape index (κ1) is 19.0. The van der Waals surface area contributed by atoms with Gasteiger partial charge in [0.15, 0.2) is 11.5 Å². The number of rotatable bonds is 3. The molecule has 9 heteroatoms. The van der Waals surface area contributed by atoms with Gasteiger partial charge in [0.25, 0.3) is 0 Å². The van der Waals surface area contributed by atoms with Crippen LogP contribution in [0, 0.1) is 0 Å². The minimum absolute atomic E-state index is 0.0723. The number of phenols is 2. The number of phenolic OH excluding ortho intramolecular Hbond substituents is 2. The van der Waals surface area contributed by atoms with Crippen LogP contribution in [0.15, 0.2) is 56.4 Å². The van der Waals surface area contributed by atoms with Gasteiger partial charge in [0.2, 0.25) is 6.79 Å². The SMILES string of the molecule is Oc1c(Br)cc(/C=N/c2ccc3[nH]c(-c4cccc5c4OCO5)nc3c2)c(O)c1Br. The van der Waals surface area contributed by atoms with Crippen LogP contribution in [0.2, 0.25) is 0 Å². The summed E-state index contributed by atoms with van der Waals surface area (Å²) in [6, 6.07) is 12.8. The maximum absolute atomic E-state index is 10.2. The van der Waals surface area contributed by atoms with E-state index in [-0.39, 0.29) is 22.8 Å². The summed E-state index contributed by atoms with van der Waals surface area (Å²) in [6.45, 7) is 0.196. The highest BCUT2D eigenvalue weighted by Gasteiger charge is 2.20. The summed E-state index contributed by atoms with van der Waals surface area (Å²) in [5.41, 5.74) is 3.55. The summed E-state index contributed by atoms with van der Waals surface area (Å²) in [7, 11) is 0. The van der Waals surface area contributed by atoms with Gasteiger partial charge in [-0.05, 0) is 68.3 Å². The number of halogens is 2. The monoisotopic (exact) mass is 529 g/mol. The molecule has 3 aromatic carbocycles. The van der Waals surface area contributed by atoms with E-state index < -0.39 is 0 Å². The van der Waals surface area contributed by atoms with Crippen LogP contribution >= 0.6 is 31.9 Å². The third kappa shape index (κ3) is 3.20. The van der Waals surface area contributed by atoms with E-state index >= 15 is 0 Å². The van der Waals surface area contributed by atoms with E-state index in [0.29, 0.717) is 33.0 Å². The van der Waals surface area contributed by atoms with Gasteiger partial charge in [-0.15, -0.1) is 0 Å². The van der Waals surface area contributed by atoms with Crippen LogP contribution in [0.4, 0.5) is 5.69 Å². The number of aromatic nitrogens is 2. The maximum Gasteiger partial charge on any atom is 0.231 e. The number of H-pyrrole nitrogens is 1. The third-order valence-corrected chi connectivity index (χ3v) is 6.02. The number of aliphatic imine (C=N–C) groups is 1. The number of imidazole rings is 1. The highest BCUT2D eigenvalue weighted by atomic mass is 79.9. The van der Waals surface area contributed by atoms with E-state index in [2.05, 4.69) is 46.8 Å². The van der Waals surface area contributed by atoms with Crippen LogP contribution < -0.4 is 9.47 Å². The lowest BCUT2D eigenvalue weighted by atomic mass is 10.2. The van der Waals surface area contributed by atoms with Gasteiger partial charge >= 0.3 is 0 Å². The molecule has 0 aliphatic carbocycles. The lowest BCUT2D eigenvalue weighted by Gasteiger charge is -2.06. The second kappa shape index (κ2) is 7.33. The van der Waals surface area contributed by atoms with Crippen molar-refractivity contribution in [3.8, 4) is 34.4 Å². The highest BCUT2D eigenvalue weighted by Crippen LogP contribution is 2.42. The molecule has 0 spiro atoms. The second-order valence-electron chi connectivity index (χ2n) is 6.54. The molecule has 7 nitrogen and oxygen atoms in total. The molecule has 0 amide bonds. The predicted octanol–water partition coefficient (Wildman–Crippen LogP) is 5.65. The largest absolute Gasteiger partial charge is 0.506 e. The van der Waals surface area contributed by atoms with Crippen LogP contribution in [0.3, 0.4) is 0 Å². The second-order valence-corrected chi connectivity index (χ2v) is 8.19. The molecule has 1 aliphatic heterocycles. The van der Waals surface area contributed by atoms with E-state index in [1.165, 1.54) is 6.21 Å². The van der Waals surface area contributed by atoms with Crippen molar-refractivity contribution in [2.24, 2.45) is 4.99 Å².